The number of hydrogen-bond acceptors (Lipinski definition) is 5. The van der Waals surface area contributed by atoms with Crippen molar-refractivity contribution in [3.8, 4) is 5.75 Å². The maximum absolute atomic E-state index is 12.3. The molecule has 2 aromatic heterocycles. The Morgan fingerprint density at radius 3 is 2.88 bits per heavy atom. The molecule has 0 aliphatic rings. The number of benzene rings is 1. The first-order valence-corrected chi connectivity index (χ1v) is 7.42. The molecule has 0 bridgehead atoms. The Labute approximate surface area is 139 Å². The van der Waals surface area contributed by atoms with Crippen molar-refractivity contribution in [2.45, 2.75) is 6.54 Å². The molecule has 6 nitrogen and oxygen atoms in total. The van der Waals surface area contributed by atoms with Gasteiger partial charge in [0.2, 0.25) is 0 Å². The van der Waals surface area contributed by atoms with Crippen LogP contribution < -0.4 is 15.4 Å². The van der Waals surface area contributed by atoms with E-state index in [1.165, 1.54) is 0 Å². The second-order valence-corrected chi connectivity index (χ2v) is 5.05. The van der Waals surface area contributed by atoms with Crippen molar-refractivity contribution in [2.75, 3.05) is 17.7 Å². The molecule has 0 aliphatic carbocycles. The van der Waals surface area contributed by atoms with Crippen molar-refractivity contribution < 1.29 is 13.9 Å². The van der Waals surface area contributed by atoms with Crippen LogP contribution >= 0.6 is 0 Å². The number of nitrogens with zero attached hydrogens (tertiary/aromatic N) is 1. The van der Waals surface area contributed by atoms with Crippen molar-refractivity contribution in [1.82, 2.24) is 4.98 Å². The molecule has 24 heavy (non-hydrogen) atoms. The summed E-state index contributed by atoms with van der Waals surface area (Å²) >= 11 is 0. The monoisotopic (exact) mass is 323 g/mol. The first kappa shape index (κ1) is 15.6. The molecule has 3 aromatic rings. The lowest BCUT2D eigenvalue weighted by Gasteiger charge is -2.08. The zero-order valence-electron chi connectivity index (χ0n) is 13.2. The van der Waals surface area contributed by atoms with Crippen molar-refractivity contribution in [3.05, 3.63) is 72.4 Å². The fraction of sp³-hybridized carbons (Fsp3) is 0.111. The first-order valence-electron chi connectivity index (χ1n) is 7.42. The number of anilines is 2. The van der Waals surface area contributed by atoms with Crippen molar-refractivity contribution in [1.29, 1.82) is 0 Å². The largest absolute Gasteiger partial charge is 0.497 e. The molecule has 3 rings (SSSR count). The molecule has 0 unspecified atom stereocenters. The standard InChI is InChI=1S/C18H17N3O3/c1-23-15-5-2-4-14(10-15)21-18(22)17-11-13(7-8-19-17)20-12-16-6-3-9-24-16/h2-11H,12H2,1H3,(H,19,20)(H,21,22). The average Bonchev–Trinajstić information content (AvgIpc) is 3.14. The van der Waals surface area contributed by atoms with Crippen LogP contribution in [0, 0.1) is 0 Å². The van der Waals surface area contributed by atoms with Crippen LogP contribution in [0.3, 0.4) is 0 Å². The normalized spacial score (nSPS) is 10.2. The van der Waals surface area contributed by atoms with Crippen LogP contribution in [0.25, 0.3) is 0 Å². The van der Waals surface area contributed by atoms with E-state index in [-0.39, 0.29) is 5.91 Å². The van der Waals surface area contributed by atoms with Crippen LogP contribution in [0.1, 0.15) is 16.2 Å². The number of carbonyl (C=O) groups excluding carboxylic acids is 1. The van der Waals surface area contributed by atoms with Gasteiger partial charge in [-0.25, -0.2) is 0 Å². The SMILES string of the molecule is COc1cccc(NC(=O)c2cc(NCc3ccco3)ccn2)c1. The number of rotatable bonds is 6. The zero-order valence-corrected chi connectivity index (χ0v) is 13.2. The van der Waals surface area contributed by atoms with E-state index >= 15 is 0 Å². The summed E-state index contributed by atoms with van der Waals surface area (Å²) in [6.45, 7) is 0.536. The minimum absolute atomic E-state index is 0.287. The van der Waals surface area contributed by atoms with Gasteiger partial charge in [0.05, 0.1) is 19.9 Å². The molecule has 2 N–H and O–H groups in total. The van der Waals surface area contributed by atoms with Gasteiger partial charge in [0, 0.05) is 23.6 Å². The summed E-state index contributed by atoms with van der Waals surface area (Å²) in [7, 11) is 1.58. The summed E-state index contributed by atoms with van der Waals surface area (Å²) in [4.78, 5) is 16.5. The van der Waals surface area contributed by atoms with Crippen molar-refractivity contribution in [2.24, 2.45) is 0 Å². The first-order chi connectivity index (χ1) is 11.7. The molecule has 0 fully saturated rings. The van der Waals surface area contributed by atoms with Gasteiger partial charge in [-0.3, -0.25) is 9.78 Å². The van der Waals surface area contributed by atoms with E-state index in [1.807, 2.05) is 24.3 Å². The van der Waals surface area contributed by atoms with Gasteiger partial charge in [-0.2, -0.15) is 0 Å². The lowest BCUT2D eigenvalue weighted by Crippen LogP contribution is -2.14. The smallest absolute Gasteiger partial charge is 0.274 e. The molecule has 0 saturated heterocycles. The van der Waals surface area contributed by atoms with Crippen molar-refractivity contribution >= 4 is 17.3 Å². The number of pyridine rings is 1. The van der Waals surface area contributed by atoms with Gasteiger partial charge in [0.25, 0.3) is 5.91 Å². The molecule has 122 valence electrons. The van der Waals surface area contributed by atoms with Gasteiger partial charge in [-0.05, 0) is 36.4 Å². The van der Waals surface area contributed by atoms with Crippen molar-refractivity contribution in [3.63, 3.8) is 0 Å². The second kappa shape index (κ2) is 7.32. The highest BCUT2D eigenvalue weighted by Crippen LogP contribution is 2.18. The lowest BCUT2D eigenvalue weighted by atomic mass is 10.2. The molecular formula is C18H17N3O3. The Kier molecular flexibility index (Phi) is 4.76. The number of aromatic nitrogens is 1. The second-order valence-electron chi connectivity index (χ2n) is 5.05. The minimum atomic E-state index is -0.287. The lowest BCUT2D eigenvalue weighted by molar-refractivity contribution is 0.102. The van der Waals surface area contributed by atoms with Crippen LogP contribution in [0.4, 0.5) is 11.4 Å². The third kappa shape index (κ3) is 3.92. The predicted molar refractivity (Wildman–Crippen MR) is 91.2 cm³/mol. The number of carbonyl (C=O) groups is 1. The Bertz CT molecular complexity index is 816. The summed E-state index contributed by atoms with van der Waals surface area (Å²) in [6.07, 6.45) is 3.21. The molecule has 2 heterocycles. The molecule has 0 aliphatic heterocycles. The Balaban J connectivity index is 1.67. The number of hydrogen-bond donors (Lipinski definition) is 2. The molecule has 0 saturated carbocycles. The minimum Gasteiger partial charge on any atom is -0.497 e. The summed E-state index contributed by atoms with van der Waals surface area (Å²) in [5.74, 6) is 1.20. The Morgan fingerprint density at radius 1 is 1.17 bits per heavy atom. The molecular weight excluding hydrogens is 306 g/mol. The van der Waals surface area contributed by atoms with Crippen LogP contribution in [0.15, 0.2) is 65.4 Å². The quantitative estimate of drug-likeness (QED) is 0.725. The van der Waals surface area contributed by atoms with E-state index in [2.05, 4.69) is 15.6 Å². The summed E-state index contributed by atoms with van der Waals surface area (Å²) in [5, 5.41) is 5.99. The maximum Gasteiger partial charge on any atom is 0.274 e. The Morgan fingerprint density at radius 2 is 2.08 bits per heavy atom. The number of amides is 1. The molecule has 0 atom stereocenters. The van der Waals surface area contributed by atoms with Gasteiger partial charge in [-0.15, -0.1) is 0 Å². The topological polar surface area (TPSA) is 76.4 Å². The summed E-state index contributed by atoms with van der Waals surface area (Å²) in [6, 6.07) is 14.4. The zero-order chi connectivity index (χ0) is 16.8. The van der Waals surface area contributed by atoms with Gasteiger partial charge in [0.1, 0.15) is 17.2 Å². The number of furan rings is 1. The van der Waals surface area contributed by atoms with E-state index in [4.69, 9.17) is 9.15 Å². The van der Waals surface area contributed by atoms with E-state index in [1.54, 1.807) is 43.8 Å². The highest BCUT2D eigenvalue weighted by atomic mass is 16.5. The molecule has 1 aromatic carbocycles. The fourth-order valence-corrected chi connectivity index (χ4v) is 2.16. The van der Waals surface area contributed by atoms with Crippen LogP contribution in [0.5, 0.6) is 5.75 Å². The average molecular weight is 323 g/mol. The van der Waals surface area contributed by atoms with E-state index < -0.39 is 0 Å². The van der Waals surface area contributed by atoms with Gasteiger partial charge < -0.3 is 19.8 Å². The number of nitrogens with one attached hydrogen (secondary N) is 2. The summed E-state index contributed by atoms with van der Waals surface area (Å²) < 4.78 is 10.4. The number of methoxy groups -OCH3 is 1. The Hall–Kier alpha value is -3.28. The highest BCUT2D eigenvalue weighted by molar-refractivity contribution is 6.03. The van der Waals surface area contributed by atoms with Gasteiger partial charge in [0.15, 0.2) is 0 Å². The van der Waals surface area contributed by atoms with Crippen LogP contribution in [0.2, 0.25) is 0 Å². The third-order valence-electron chi connectivity index (χ3n) is 3.37. The molecule has 6 heteroatoms. The van der Waals surface area contributed by atoms with Crippen LogP contribution in [-0.2, 0) is 6.54 Å². The predicted octanol–water partition coefficient (Wildman–Crippen LogP) is 3.55. The maximum atomic E-state index is 12.3. The molecule has 0 radical (unpaired) electrons. The summed E-state index contributed by atoms with van der Waals surface area (Å²) in [5.41, 5.74) is 1.76. The molecule has 1 amide bonds. The van der Waals surface area contributed by atoms with Crippen LogP contribution in [-0.4, -0.2) is 18.0 Å². The molecule has 0 spiro atoms. The van der Waals surface area contributed by atoms with E-state index in [0.29, 0.717) is 23.7 Å². The van der Waals surface area contributed by atoms with Gasteiger partial charge >= 0.3 is 0 Å². The highest BCUT2D eigenvalue weighted by Gasteiger charge is 2.09. The number of ether oxygens (including phenoxy) is 1. The third-order valence-corrected chi connectivity index (χ3v) is 3.37. The van der Waals surface area contributed by atoms with E-state index in [0.717, 1.165) is 11.4 Å². The van der Waals surface area contributed by atoms with Gasteiger partial charge in [-0.1, -0.05) is 6.07 Å². The fourth-order valence-electron chi connectivity index (χ4n) is 2.16. The van der Waals surface area contributed by atoms with E-state index in [9.17, 15) is 4.79 Å².